The second-order valence-corrected chi connectivity index (χ2v) is 9.66. The Balaban J connectivity index is 1.73. The SMILES string of the molecule is Cc1cc(C(N=C2C=C(CC(C)C3CCC(C(=O)O)C3)C#CC2)C(C)C)ccc1Cl. The van der Waals surface area contributed by atoms with Crippen LogP contribution in [0.25, 0.3) is 0 Å². The number of aliphatic imine (C=N–C) groups is 1. The van der Waals surface area contributed by atoms with Gasteiger partial charge in [0.2, 0.25) is 0 Å². The molecule has 0 aromatic heterocycles. The lowest BCUT2D eigenvalue weighted by Gasteiger charge is -2.21. The normalized spacial score (nSPS) is 24.3. The van der Waals surface area contributed by atoms with Gasteiger partial charge in [-0.05, 0) is 73.6 Å². The molecule has 3 rings (SSSR count). The van der Waals surface area contributed by atoms with Gasteiger partial charge in [0.1, 0.15) is 0 Å². The number of aryl methyl sites for hydroxylation is 1. The van der Waals surface area contributed by atoms with Crippen LogP contribution in [0.3, 0.4) is 0 Å². The quantitative estimate of drug-likeness (QED) is 0.497. The van der Waals surface area contributed by atoms with Crippen LogP contribution in [0, 0.1) is 42.4 Å². The monoisotopic (exact) mass is 425 g/mol. The first-order valence-electron chi connectivity index (χ1n) is 11.0. The Labute approximate surface area is 185 Å². The molecule has 3 nitrogen and oxygen atoms in total. The first-order chi connectivity index (χ1) is 14.2. The Morgan fingerprint density at radius 1 is 1.30 bits per heavy atom. The van der Waals surface area contributed by atoms with E-state index < -0.39 is 5.97 Å². The van der Waals surface area contributed by atoms with E-state index in [1.54, 1.807) is 0 Å². The molecule has 0 heterocycles. The molecule has 0 saturated heterocycles. The Hall–Kier alpha value is -2.05. The predicted molar refractivity (Wildman–Crippen MR) is 124 cm³/mol. The van der Waals surface area contributed by atoms with E-state index in [0.717, 1.165) is 47.6 Å². The fourth-order valence-corrected chi connectivity index (χ4v) is 4.76. The Bertz CT molecular complexity index is 919. The Morgan fingerprint density at radius 3 is 2.70 bits per heavy atom. The lowest BCUT2D eigenvalue weighted by Crippen LogP contribution is -2.14. The van der Waals surface area contributed by atoms with Crippen molar-refractivity contribution >= 4 is 23.3 Å². The van der Waals surface area contributed by atoms with Gasteiger partial charge in [-0.1, -0.05) is 56.3 Å². The molecule has 4 unspecified atom stereocenters. The van der Waals surface area contributed by atoms with Crippen LogP contribution in [0.15, 0.2) is 34.8 Å². The largest absolute Gasteiger partial charge is 0.481 e. The third-order valence-corrected chi connectivity index (χ3v) is 6.91. The molecule has 1 N–H and O–H groups in total. The second-order valence-electron chi connectivity index (χ2n) is 9.26. The summed E-state index contributed by atoms with van der Waals surface area (Å²) in [5.41, 5.74) is 4.43. The summed E-state index contributed by atoms with van der Waals surface area (Å²) >= 11 is 6.21. The van der Waals surface area contributed by atoms with Crippen molar-refractivity contribution in [2.24, 2.45) is 28.7 Å². The zero-order valence-corrected chi connectivity index (χ0v) is 19.2. The summed E-state index contributed by atoms with van der Waals surface area (Å²) in [4.78, 5) is 16.3. The van der Waals surface area contributed by atoms with Gasteiger partial charge in [0.05, 0.1) is 18.4 Å². The van der Waals surface area contributed by atoms with Crippen molar-refractivity contribution in [3.8, 4) is 11.8 Å². The fraction of sp³-hybridized carbons (Fsp3) is 0.538. The van der Waals surface area contributed by atoms with Crippen LogP contribution in [0.4, 0.5) is 0 Å². The van der Waals surface area contributed by atoms with Crippen molar-refractivity contribution in [3.63, 3.8) is 0 Å². The number of benzene rings is 1. The van der Waals surface area contributed by atoms with E-state index in [0.29, 0.717) is 24.2 Å². The third kappa shape index (κ3) is 5.55. The molecule has 0 amide bonds. The molecule has 160 valence electrons. The molecule has 1 aromatic rings. The van der Waals surface area contributed by atoms with Crippen molar-refractivity contribution in [3.05, 3.63) is 46.0 Å². The summed E-state index contributed by atoms with van der Waals surface area (Å²) in [5, 5.41) is 10.1. The number of hydrogen-bond donors (Lipinski definition) is 1. The number of carbonyl (C=O) groups is 1. The average Bonchev–Trinajstić information content (AvgIpc) is 3.19. The summed E-state index contributed by atoms with van der Waals surface area (Å²) < 4.78 is 0. The topological polar surface area (TPSA) is 49.7 Å². The van der Waals surface area contributed by atoms with Crippen molar-refractivity contribution < 1.29 is 9.90 Å². The lowest BCUT2D eigenvalue weighted by atomic mass is 9.85. The highest BCUT2D eigenvalue weighted by Gasteiger charge is 2.32. The molecule has 4 heteroatoms. The van der Waals surface area contributed by atoms with E-state index >= 15 is 0 Å². The van der Waals surface area contributed by atoms with Gasteiger partial charge < -0.3 is 5.11 Å². The lowest BCUT2D eigenvalue weighted by molar-refractivity contribution is -0.141. The first-order valence-corrected chi connectivity index (χ1v) is 11.4. The van der Waals surface area contributed by atoms with Crippen molar-refractivity contribution in [1.29, 1.82) is 0 Å². The van der Waals surface area contributed by atoms with Crippen LogP contribution in [0.5, 0.6) is 0 Å². The Morgan fingerprint density at radius 2 is 2.07 bits per heavy atom. The highest BCUT2D eigenvalue weighted by atomic mass is 35.5. The van der Waals surface area contributed by atoms with Gasteiger partial charge in [-0.2, -0.15) is 0 Å². The molecule has 1 saturated carbocycles. The van der Waals surface area contributed by atoms with E-state index in [9.17, 15) is 9.90 Å². The number of halogens is 1. The molecule has 2 aliphatic carbocycles. The highest BCUT2D eigenvalue weighted by molar-refractivity contribution is 6.31. The number of carboxylic acid groups (broad SMARTS) is 1. The smallest absolute Gasteiger partial charge is 0.306 e. The van der Waals surface area contributed by atoms with E-state index in [1.807, 2.05) is 13.0 Å². The maximum Gasteiger partial charge on any atom is 0.306 e. The molecule has 0 radical (unpaired) electrons. The summed E-state index contributed by atoms with van der Waals surface area (Å²) in [5.74, 6) is 7.01. The van der Waals surface area contributed by atoms with Gasteiger partial charge in [0.15, 0.2) is 0 Å². The van der Waals surface area contributed by atoms with Crippen molar-refractivity contribution in [2.45, 2.75) is 65.8 Å². The third-order valence-electron chi connectivity index (χ3n) is 6.49. The minimum absolute atomic E-state index is 0.0805. The number of aliphatic carboxylic acids is 1. The molecular weight excluding hydrogens is 394 g/mol. The van der Waals surface area contributed by atoms with Gasteiger partial charge in [-0.15, -0.1) is 0 Å². The molecule has 2 aliphatic rings. The van der Waals surface area contributed by atoms with Crippen LogP contribution >= 0.6 is 11.6 Å². The summed E-state index contributed by atoms with van der Waals surface area (Å²) in [6.07, 6.45) is 6.34. The number of nitrogens with zero attached hydrogens (tertiary/aromatic N) is 1. The Kier molecular flexibility index (Phi) is 7.42. The standard InChI is InChI=1S/C26H32ClNO2/c1-16(2)25(21-10-11-24(27)18(4)13-21)28-23-7-5-6-19(14-23)12-17(3)20-8-9-22(15-20)26(29)30/h10-11,13-14,16-17,20,22,25H,7-9,12,15H2,1-4H3,(H,29,30). The molecule has 0 spiro atoms. The zero-order valence-electron chi connectivity index (χ0n) is 18.4. The molecule has 4 atom stereocenters. The summed E-state index contributed by atoms with van der Waals surface area (Å²) in [7, 11) is 0. The molecular formula is C26H32ClNO2. The summed E-state index contributed by atoms with van der Waals surface area (Å²) in [6, 6.07) is 6.25. The number of allylic oxidation sites excluding steroid dienone is 2. The minimum atomic E-state index is -0.645. The van der Waals surface area contributed by atoms with Gasteiger partial charge in [-0.3, -0.25) is 9.79 Å². The van der Waals surface area contributed by atoms with Crippen LogP contribution in [-0.4, -0.2) is 16.8 Å². The molecule has 0 bridgehead atoms. The van der Waals surface area contributed by atoms with Gasteiger partial charge in [0, 0.05) is 16.3 Å². The number of carboxylic acids is 1. The van der Waals surface area contributed by atoms with E-state index in [2.05, 4.69) is 50.8 Å². The molecule has 1 fully saturated rings. The molecule has 0 aliphatic heterocycles. The van der Waals surface area contributed by atoms with Gasteiger partial charge in [-0.25, -0.2) is 0 Å². The first kappa shape index (κ1) is 22.6. The maximum absolute atomic E-state index is 11.3. The van der Waals surface area contributed by atoms with E-state index in [4.69, 9.17) is 16.6 Å². The predicted octanol–water partition coefficient (Wildman–Crippen LogP) is 6.65. The number of rotatable bonds is 7. The fourth-order valence-electron chi connectivity index (χ4n) is 4.64. The average molecular weight is 426 g/mol. The van der Waals surface area contributed by atoms with Crippen molar-refractivity contribution in [1.82, 2.24) is 0 Å². The highest BCUT2D eigenvalue weighted by Crippen LogP contribution is 2.38. The summed E-state index contributed by atoms with van der Waals surface area (Å²) in [6.45, 7) is 8.65. The molecule has 30 heavy (non-hydrogen) atoms. The van der Waals surface area contributed by atoms with Gasteiger partial charge in [0.25, 0.3) is 0 Å². The zero-order chi connectivity index (χ0) is 21.8. The van der Waals surface area contributed by atoms with E-state index in [1.165, 1.54) is 5.56 Å². The maximum atomic E-state index is 11.3. The number of hydrogen-bond acceptors (Lipinski definition) is 2. The van der Waals surface area contributed by atoms with Crippen LogP contribution in [0.1, 0.15) is 70.0 Å². The van der Waals surface area contributed by atoms with Gasteiger partial charge >= 0.3 is 5.97 Å². The van der Waals surface area contributed by atoms with E-state index in [-0.39, 0.29) is 12.0 Å². The van der Waals surface area contributed by atoms with Crippen molar-refractivity contribution in [2.75, 3.05) is 0 Å². The molecule has 1 aromatic carbocycles. The van der Waals surface area contributed by atoms with Crippen LogP contribution in [0.2, 0.25) is 5.02 Å². The van der Waals surface area contributed by atoms with Crippen LogP contribution < -0.4 is 0 Å². The van der Waals surface area contributed by atoms with Crippen LogP contribution in [-0.2, 0) is 4.79 Å². The second kappa shape index (κ2) is 9.84. The minimum Gasteiger partial charge on any atom is -0.481 e.